The van der Waals surface area contributed by atoms with Crippen LogP contribution in [0, 0.1) is 0 Å². The van der Waals surface area contributed by atoms with Crippen molar-refractivity contribution in [2.75, 3.05) is 13.2 Å². The van der Waals surface area contributed by atoms with Crippen LogP contribution in [0.3, 0.4) is 0 Å². The molecule has 0 amide bonds. The SMILES string of the molecule is CCCCCCCCCCCCCCCOC(=O)CCC.CCCCCCCCCCCOC(=O)CCCCC. The fourth-order valence-electron chi connectivity index (χ4n) is 4.77. The summed E-state index contributed by atoms with van der Waals surface area (Å²) in [5.41, 5.74) is 0. The van der Waals surface area contributed by atoms with E-state index in [1.165, 1.54) is 128 Å². The van der Waals surface area contributed by atoms with Gasteiger partial charge in [0.15, 0.2) is 0 Å². The molecule has 0 fully saturated rings. The average Bonchev–Trinajstić information content (AvgIpc) is 2.95. The van der Waals surface area contributed by atoms with Gasteiger partial charge in [0.25, 0.3) is 0 Å². The van der Waals surface area contributed by atoms with Crippen molar-refractivity contribution in [2.45, 2.75) is 207 Å². The van der Waals surface area contributed by atoms with E-state index < -0.39 is 0 Å². The first-order valence-electron chi connectivity index (χ1n) is 17.9. The number of esters is 2. The maximum absolute atomic E-state index is 11.3. The number of hydrogen-bond acceptors (Lipinski definition) is 4. The van der Waals surface area contributed by atoms with Gasteiger partial charge in [0.05, 0.1) is 13.2 Å². The predicted molar refractivity (Wildman–Crippen MR) is 174 cm³/mol. The molecule has 240 valence electrons. The van der Waals surface area contributed by atoms with Crippen molar-refractivity contribution in [1.29, 1.82) is 0 Å². The molecule has 0 atom stereocenters. The predicted octanol–water partition coefficient (Wildman–Crippen LogP) is 12.1. The van der Waals surface area contributed by atoms with E-state index in [0.717, 1.165) is 38.5 Å². The summed E-state index contributed by atoms with van der Waals surface area (Å²) in [4.78, 5) is 22.5. The molecule has 0 heterocycles. The van der Waals surface area contributed by atoms with Crippen molar-refractivity contribution in [1.82, 2.24) is 0 Å². The highest BCUT2D eigenvalue weighted by molar-refractivity contribution is 5.69. The van der Waals surface area contributed by atoms with Crippen LogP contribution in [0.1, 0.15) is 207 Å². The summed E-state index contributed by atoms with van der Waals surface area (Å²) >= 11 is 0. The molecule has 0 radical (unpaired) electrons. The van der Waals surface area contributed by atoms with Crippen LogP contribution in [-0.4, -0.2) is 25.2 Å². The second-order valence-corrected chi connectivity index (χ2v) is 11.7. The topological polar surface area (TPSA) is 52.6 Å². The molecule has 0 rings (SSSR count). The third-order valence-corrected chi connectivity index (χ3v) is 7.46. The summed E-state index contributed by atoms with van der Waals surface area (Å²) < 4.78 is 10.4. The summed E-state index contributed by atoms with van der Waals surface area (Å²) in [6.45, 7) is 9.93. The molecule has 4 heteroatoms. The molecule has 0 aliphatic heterocycles. The molecule has 40 heavy (non-hydrogen) atoms. The summed E-state index contributed by atoms with van der Waals surface area (Å²) in [7, 11) is 0. The van der Waals surface area contributed by atoms with Crippen molar-refractivity contribution >= 4 is 11.9 Å². The van der Waals surface area contributed by atoms with Crippen molar-refractivity contribution in [2.24, 2.45) is 0 Å². The minimum absolute atomic E-state index is 0.00647. The van der Waals surface area contributed by atoms with Crippen molar-refractivity contribution in [3.05, 3.63) is 0 Å². The Kier molecular flexibility index (Phi) is 39.0. The van der Waals surface area contributed by atoms with Crippen LogP contribution < -0.4 is 0 Å². The Hall–Kier alpha value is -1.06. The maximum atomic E-state index is 11.3. The second-order valence-electron chi connectivity index (χ2n) is 11.7. The molecule has 0 spiro atoms. The molecule has 0 unspecified atom stereocenters. The van der Waals surface area contributed by atoms with Crippen LogP contribution in [0.5, 0.6) is 0 Å². The molecule has 0 aromatic heterocycles. The van der Waals surface area contributed by atoms with Gasteiger partial charge in [-0.25, -0.2) is 0 Å². The highest BCUT2D eigenvalue weighted by Gasteiger charge is 2.02. The van der Waals surface area contributed by atoms with E-state index in [1.54, 1.807) is 0 Å². The number of ether oxygens (including phenoxy) is 2. The highest BCUT2D eigenvalue weighted by Crippen LogP contribution is 2.13. The Morgan fingerprint density at radius 2 is 0.600 bits per heavy atom. The van der Waals surface area contributed by atoms with E-state index in [-0.39, 0.29) is 11.9 Å². The molecular formula is C36H72O4. The molecular weight excluding hydrogens is 496 g/mol. The molecule has 0 saturated heterocycles. The van der Waals surface area contributed by atoms with Gasteiger partial charge >= 0.3 is 11.9 Å². The Labute approximate surface area is 251 Å². The summed E-state index contributed by atoms with van der Waals surface area (Å²) in [6.07, 6.45) is 34.6. The zero-order chi connectivity index (χ0) is 29.8. The van der Waals surface area contributed by atoms with Crippen LogP contribution >= 0.6 is 0 Å². The zero-order valence-corrected chi connectivity index (χ0v) is 27.8. The van der Waals surface area contributed by atoms with E-state index in [1.807, 2.05) is 6.92 Å². The van der Waals surface area contributed by atoms with Gasteiger partial charge in [0.1, 0.15) is 0 Å². The van der Waals surface area contributed by atoms with Crippen molar-refractivity contribution in [3.8, 4) is 0 Å². The monoisotopic (exact) mass is 569 g/mol. The van der Waals surface area contributed by atoms with Crippen LogP contribution in [0.15, 0.2) is 0 Å². The number of carbonyl (C=O) groups is 2. The molecule has 4 nitrogen and oxygen atoms in total. The summed E-state index contributed by atoms with van der Waals surface area (Å²) in [5, 5.41) is 0. The quantitative estimate of drug-likeness (QED) is 0.0638. The molecule has 0 N–H and O–H groups in total. The van der Waals surface area contributed by atoms with Gasteiger partial charge in [0, 0.05) is 12.8 Å². The number of hydrogen-bond donors (Lipinski definition) is 0. The fraction of sp³-hybridized carbons (Fsp3) is 0.944. The lowest BCUT2D eigenvalue weighted by molar-refractivity contribution is -0.144. The van der Waals surface area contributed by atoms with Gasteiger partial charge in [-0.15, -0.1) is 0 Å². The normalized spacial score (nSPS) is 10.7. The first kappa shape index (κ1) is 41.1. The van der Waals surface area contributed by atoms with E-state index in [9.17, 15) is 9.59 Å². The number of rotatable bonds is 30. The second kappa shape index (κ2) is 37.9. The summed E-state index contributed by atoms with van der Waals surface area (Å²) in [5.74, 6) is -0.0375. The van der Waals surface area contributed by atoms with E-state index in [4.69, 9.17) is 9.47 Å². The first-order chi connectivity index (χ1) is 19.6. The molecule has 0 aliphatic carbocycles. The van der Waals surface area contributed by atoms with Gasteiger partial charge in [-0.05, 0) is 25.7 Å². The van der Waals surface area contributed by atoms with Gasteiger partial charge in [-0.1, -0.05) is 169 Å². The van der Waals surface area contributed by atoms with Crippen LogP contribution in [0.2, 0.25) is 0 Å². The number of carbonyl (C=O) groups excluding carboxylic acids is 2. The molecule has 0 saturated carbocycles. The van der Waals surface area contributed by atoms with Crippen molar-refractivity contribution in [3.63, 3.8) is 0 Å². The van der Waals surface area contributed by atoms with Gasteiger partial charge in [0.2, 0.25) is 0 Å². The smallest absolute Gasteiger partial charge is 0.305 e. The van der Waals surface area contributed by atoms with Crippen molar-refractivity contribution < 1.29 is 19.1 Å². The Morgan fingerprint density at radius 3 is 0.925 bits per heavy atom. The Bertz CT molecular complexity index is 491. The van der Waals surface area contributed by atoms with Crippen LogP contribution in [0.4, 0.5) is 0 Å². The van der Waals surface area contributed by atoms with Gasteiger partial charge in [-0.2, -0.15) is 0 Å². The van der Waals surface area contributed by atoms with Crippen LogP contribution in [0.25, 0.3) is 0 Å². The highest BCUT2D eigenvalue weighted by atomic mass is 16.5. The summed E-state index contributed by atoms with van der Waals surface area (Å²) in [6, 6.07) is 0. The molecule has 0 aromatic carbocycles. The zero-order valence-electron chi connectivity index (χ0n) is 27.8. The largest absolute Gasteiger partial charge is 0.466 e. The standard InChI is InChI=1S/C19H38O2.C17H34O2/c1-3-5-6-7-8-9-10-11-12-13-14-15-16-18-21-19(20)17-4-2;1-3-5-7-8-9-10-11-12-14-16-19-17(18)15-13-6-4-2/h3-18H2,1-2H3;3-16H2,1-2H3. The third-order valence-electron chi connectivity index (χ3n) is 7.46. The molecule has 0 aliphatic rings. The Balaban J connectivity index is 0. The maximum Gasteiger partial charge on any atom is 0.305 e. The third kappa shape index (κ3) is 39.1. The van der Waals surface area contributed by atoms with E-state index in [0.29, 0.717) is 26.1 Å². The number of unbranched alkanes of at least 4 members (excludes halogenated alkanes) is 22. The lowest BCUT2D eigenvalue weighted by atomic mass is 10.0. The van der Waals surface area contributed by atoms with Gasteiger partial charge in [-0.3, -0.25) is 9.59 Å². The lowest BCUT2D eigenvalue weighted by Gasteiger charge is -2.05. The minimum Gasteiger partial charge on any atom is -0.466 e. The van der Waals surface area contributed by atoms with Crippen LogP contribution in [-0.2, 0) is 19.1 Å². The Morgan fingerprint density at radius 1 is 0.325 bits per heavy atom. The molecule has 0 aromatic rings. The first-order valence-corrected chi connectivity index (χ1v) is 17.9. The molecule has 0 bridgehead atoms. The van der Waals surface area contributed by atoms with E-state index >= 15 is 0 Å². The minimum atomic E-state index is -0.0311. The van der Waals surface area contributed by atoms with E-state index in [2.05, 4.69) is 20.8 Å². The van der Waals surface area contributed by atoms with Gasteiger partial charge < -0.3 is 9.47 Å². The lowest BCUT2D eigenvalue weighted by Crippen LogP contribution is -2.05. The average molecular weight is 569 g/mol. The fourth-order valence-corrected chi connectivity index (χ4v) is 4.77.